The molecule has 0 aromatic carbocycles. The molecule has 2 N–H and O–H groups in total. The zero-order valence-corrected chi connectivity index (χ0v) is 10.5. The molecule has 0 aromatic rings. The van der Waals surface area contributed by atoms with Crippen molar-refractivity contribution in [2.45, 2.75) is 76.2 Å². The maximum absolute atomic E-state index is 9.65. The van der Waals surface area contributed by atoms with Crippen molar-refractivity contribution in [1.29, 1.82) is 0 Å². The monoisotopic (exact) mass is 227 g/mol. The van der Waals surface area contributed by atoms with Gasteiger partial charge in [-0.05, 0) is 52.4 Å². The number of ether oxygens (including phenoxy) is 1. The molecule has 0 aromatic heterocycles. The van der Waals surface area contributed by atoms with Crippen LogP contribution in [0.25, 0.3) is 0 Å². The Hall–Kier alpha value is -0.120. The molecule has 2 fully saturated rings. The quantitative estimate of drug-likeness (QED) is 0.756. The first-order valence-corrected chi connectivity index (χ1v) is 6.63. The Balaban J connectivity index is 1.80. The minimum atomic E-state index is -0.0842. The Morgan fingerprint density at radius 2 is 2.00 bits per heavy atom. The van der Waals surface area contributed by atoms with Crippen LogP contribution in [0.15, 0.2) is 0 Å². The van der Waals surface area contributed by atoms with Crippen LogP contribution in [-0.2, 0) is 4.74 Å². The van der Waals surface area contributed by atoms with Crippen LogP contribution in [0.1, 0.15) is 52.4 Å². The summed E-state index contributed by atoms with van der Waals surface area (Å²) in [6, 6.07) is 1.08. The number of aliphatic hydroxyl groups excluding tert-OH is 1. The van der Waals surface area contributed by atoms with Crippen LogP contribution >= 0.6 is 0 Å². The summed E-state index contributed by atoms with van der Waals surface area (Å²) in [6.07, 6.45) is 6.39. The van der Waals surface area contributed by atoms with Gasteiger partial charge in [-0.15, -0.1) is 0 Å². The zero-order chi connectivity index (χ0) is 11.6. The second-order valence-electron chi connectivity index (χ2n) is 5.98. The largest absolute Gasteiger partial charge is 0.393 e. The van der Waals surface area contributed by atoms with E-state index in [0.717, 1.165) is 38.7 Å². The summed E-state index contributed by atoms with van der Waals surface area (Å²) in [5.41, 5.74) is 0.0171. The molecule has 3 nitrogen and oxygen atoms in total. The molecule has 0 spiro atoms. The fourth-order valence-electron chi connectivity index (χ4n) is 3.02. The lowest BCUT2D eigenvalue weighted by atomic mass is 9.89. The summed E-state index contributed by atoms with van der Waals surface area (Å²) in [6.45, 7) is 5.19. The van der Waals surface area contributed by atoms with E-state index >= 15 is 0 Å². The molecule has 1 heterocycles. The topological polar surface area (TPSA) is 41.5 Å². The number of hydrogen-bond acceptors (Lipinski definition) is 3. The molecule has 3 heteroatoms. The van der Waals surface area contributed by atoms with Crippen molar-refractivity contribution >= 4 is 0 Å². The van der Waals surface area contributed by atoms with E-state index in [-0.39, 0.29) is 11.7 Å². The van der Waals surface area contributed by atoms with E-state index < -0.39 is 0 Å². The average Bonchev–Trinajstić information content (AvgIpc) is 2.15. The van der Waals surface area contributed by atoms with Crippen molar-refractivity contribution in [3.05, 3.63) is 0 Å². The van der Waals surface area contributed by atoms with E-state index in [0.29, 0.717) is 12.1 Å². The van der Waals surface area contributed by atoms with Crippen LogP contribution in [0.4, 0.5) is 0 Å². The van der Waals surface area contributed by atoms with Crippen molar-refractivity contribution in [3.63, 3.8) is 0 Å². The molecule has 1 saturated carbocycles. The Bertz CT molecular complexity index is 230. The van der Waals surface area contributed by atoms with Gasteiger partial charge in [0.25, 0.3) is 0 Å². The maximum Gasteiger partial charge on any atom is 0.0641 e. The van der Waals surface area contributed by atoms with Gasteiger partial charge in [-0.25, -0.2) is 0 Å². The van der Waals surface area contributed by atoms with Gasteiger partial charge in [0, 0.05) is 18.7 Å². The van der Waals surface area contributed by atoms with Crippen molar-refractivity contribution < 1.29 is 9.84 Å². The highest BCUT2D eigenvalue weighted by molar-refractivity contribution is 4.87. The van der Waals surface area contributed by atoms with E-state index in [2.05, 4.69) is 19.2 Å². The summed E-state index contributed by atoms with van der Waals surface area (Å²) < 4.78 is 5.72. The van der Waals surface area contributed by atoms with E-state index in [1.807, 2.05) is 0 Å². The minimum absolute atomic E-state index is 0.0171. The van der Waals surface area contributed by atoms with Crippen LogP contribution < -0.4 is 5.32 Å². The summed E-state index contributed by atoms with van der Waals surface area (Å²) in [4.78, 5) is 0. The van der Waals surface area contributed by atoms with Gasteiger partial charge in [-0.3, -0.25) is 0 Å². The lowest BCUT2D eigenvalue weighted by molar-refractivity contribution is -0.0653. The number of aliphatic hydroxyl groups is 1. The van der Waals surface area contributed by atoms with E-state index in [4.69, 9.17) is 4.74 Å². The highest BCUT2D eigenvalue weighted by Crippen LogP contribution is 2.26. The van der Waals surface area contributed by atoms with Gasteiger partial charge in [0.1, 0.15) is 0 Å². The molecule has 16 heavy (non-hydrogen) atoms. The van der Waals surface area contributed by atoms with Gasteiger partial charge in [-0.1, -0.05) is 0 Å². The van der Waals surface area contributed by atoms with Crippen molar-refractivity contribution in [2.75, 3.05) is 6.61 Å². The van der Waals surface area contributed by atoms with Crippen LogP contribution in [-0.4, -0.2) is 35.5 Å². The molecular weight excluding hydrogens is 202 g/mol. The predicted octanol–water partition coefficient (Wildman–Crippen LogP) is 1.84. The molecule has 3 atom stereocenters. The molecule has 94 valence electrons. The van der Waals surface area contributed by atoms with Gasteiger partial charge >= 0.3 is 0 Å². The Morgan fingerprint density at radius 1 is 1.19 bits per heavy atom. The second-order valence-corrected chi connectivity index (χ2v) is 5.98. The predicted molar refractivity (Wildman–Crippen MR) is 64.5 cm³/mol. The Morgan fingerprint density at radius 3 is 2.69 bits per heavy atom. The fourth-order valence-corrected chi connectivity index (χ4v) is 3.02. The second kappa shape index (κ2) is 5.03. The van der Waals surface area contributed by atoms with E-state index in [1.165, 1.54) is 6.42 Å². The third kappa shape index (κ3) is 3.44. The van der Waals surface area contributed by atoms with Crippen LogP contribution in [0, 0.1) is 0 Å². The first-order chi connectivity index (χ1) is 7.55. The Labute approximate surface area is 98.6 Å². The smallest absolute Gasteiger partial charge is 0.0641 e. The lowest BCUT2D eigenvalue weighted by Gasteiger charge is -2.39. The highest BCUT2D eigenvalue weighted by Gasteiger charge is 2.31. The van der Waals surface area contributed by atoms with E-state index in [9.17, 15) is 5.11 Å². The third-order valence-corrected chi connectivity index (χ3v) is 3.82. The molecule has 0 radical (unpaired) electrons. The Kier molecular flexibility index (Phi) is 3.88. The summed E-state index contributed by atoms with van der Waals surface area (Å²) in [5.74, 6) is 0. The standard InChI is InChI=1S/C13H25NO2/c1-13(2)9-11(6-7-16-13)14-10-4-3-5-12(15)8-10/h10-12,14-15H,3-9H2,1-2H3. The SMILES string of the molecule is CC1(C)CC(NC2CCCC(O)C2)CCO1. The van der Waals surface area contributed by atoms with Gasteiger partial charge in [0.15, 0.2) is 0 Å². The van der Waals surface area contributed by atoms with Crippen LogP contribution in [0.3, 0.4) is 0 Å². The van der Waals surface area contributed by atoms with Crippen molar-refractivity contribution in [3.8, 4) is 0 Å². The van der Waals surface area contributed by atoms with E-state index in [1.54, 1.807) is 0 Å². The molecule has 3 unspecified atom stereocenters. The summed E-state index contributed by atoms with van der Waals surface area (Å²) in [7, 11) is 0. The van der Waals surface area contributed by atoms with Gasteiger partial charge in [-0.2, -0.15) is 0 Å². The molecule has 1 saturated heterocycles. The number of hydrogen-bond donors (Lipinski definition) is 2. The molecule has 1 aliphatic heterocycles. The van der Waals surface area contributed by atoms with Crippen molar-refractivity contribution in [1.82, 2.24) is 5.32 Å². The van der Waals surface area contributed by atoms with Gasteiger partial charge in [0.2, 0.25) is 0 Å². The summed E-state index contributed by atoms with van der Waals surface area (Å²) >= 11 is 0. The molecule has 0 bridgehead atoms. The zero-order valence-electron chi connectivity index (χ0n) is 10.5. The molecular formula is C13H25NO2. The number of rotatable bonds is 2. The van der Waals surface area contributed by atoms with Crippen LogP contribution in [0.5, 0.6) is 0 Å². The first kappa shape index (κ1) is 12.3. The maximum atomic E-state index is 9.65. The third-order valence-electron chi connectivity index (χ3n) is 3.82. The normalized spacial score (nSPS) is 39.6. The number of nitrogens with one attached hydrogen (secondary N) is 1. The van der Waals surface area contributed by atoms with Gasteiger partial charge < -0.3 is 15.2 Å². The fraction of sp³-hybridized carbons (Fsp3) is 1.00. The van der Waals surface area contributed by atoms with Gasteiger partial charge in [0.05, 0.1) is 11.7 Å². The lowest BCUT2D eigenvalue weighted by Crippen LogP contribution is -2.48. The average molecular weight is 227 g/mol. The highest BCUT2D eigenvalue weighted by atomic mass is 16.5. The molecule has 2 aliphatic rings. The molecule has 0 amide bonds. The minimum Gasteiger partial charge on any atom is -0.393 e. The van der Waals surface area contributed by atoms with Crippen molar-refractivity contribution in [2.24, 2.45) is 0 Å². The summed E-state index contributed by atoms with van der Waals surface area (Å²) in [5, 5.41) is 13.4. The molecule has 1 aliphatic carbocycles. The molecule has 2 rings (SSSR count). The van der Waals surface area contributed by atoms with Crippen LogP contribution in [0.2, 0.25) is 0 Å². The first-order valence-electron chi connectivity index (χ1n) is 6.63.